The van der Waals surface area contributed by atoms with Gasteiger partial charge in [0.25, 0.3) is 0 Å². The van der Waals surface area contributed by atoms with Gasteiger partial charge in [0.15, 0.2) is 5.06 Å². The summed E-state index contributed by atoms with van der Waals surface area (Å²) in [5.74, 6) is 0.246. The fourth-order valence-electron chi connectivity index (χ4n) is 2.14. The highest BCUT2D eigenvalue weighted by molar-refractivity contribution is 6.23. The monoisotopic (exact) mass is 255 g/mol. The lowest BCUT2D eigenvalue weighted by Gasteiger charge is -2.38. The Balaban J connectivity index is 2.14. The van der Waals surface area contributed by atoms with Gasteiger partial charge in [-0.15, -0.1) is 0 Å². The summed E-state index contributed by atoms with van der Waals surface area (Å²) in [4.78, 5) is 2.31. The van der Waals surface area contributed by atoms with E-state index in [2.05, 4.69) is 11.8 Å². The van der Waals surface area contributed by atoms with E-state index in [0.717, 1.165) is 25.1 Å². The minimum atomic E-state index is -0.777. The zero-order chi connectivity index (χ0) is 12.3. The summed E-state index contributed by atoms with van der Waals surface area (Å²) in [5, 5.41) is 8.50. The zero-order valence-electron chi connectivity index (χ0n) is 10.0. The molecule has 0 radical (unpaired) electrons. The molecule has 4 heteroatoms. The number of rotatable bonds is 3. The predicted molar refractivity (Wildman–Crippen MR) is 68.3 cm³/mol. The number of morpholine rings is 1. The number of ether oxygens (including phenoxy) is 1. The van der Waals surface area contributed by atoms with Gasteiger partial charge in [0.2, 0.25) is 0 Å². The van der Waals surface area contributed by atoms with Crippen LogP contribution in [0, 0.1) is 0 Å². The molecular formula is C13H18ClNO2. The van der Waals surface area contributed by atoms with Gasteiger partial charge in [-0.2, -0.15) is 0 Å². The molecule has 1 aromatic carbocycles. The van der Waals surface area contributed by atoms with Crippen molar-refractivity contribution in [3.63, 3.8) is 0 Å². The van der Waals surface area contributed by atoms with Crippen molar-refractivity contribution in [3.8, 4) is 5.75 Å². The van der Waals surface area contributed by atoms with Gasteiger partial charge in [0.05, 0.1) is 6.61 Å². The van der Waals surface area contributed by atoms with Crippen LogP contribution < -0.4 is 0 Å². The van der Waals surface area contributed by atoms with E-state index in [1.165, 1.54) is 0 Å². The summed E-state index contributed by atoms with van der Waals surface area (Å²) in [6.07, 6.45) is 1.11. The van der Waals surface area contributed by atoms with Crippen LogP contribution in [0.3, 0.4) is 0 Å². The van der Waals surface area contributed by atoms with E-state index < -0.39 is 5.06 Å². The number of benzene rings is 1. The fourth-order valence-corrected chi connectivity index (χ4v) is 2.51. The second-order valence-corrected chi connectivity index (χ2v) is 5.01. The zero-order valence-corrected chi connectivity index (χ0v) is 10.8. The molecule has 1 heterocycles. The topological polar surface area (TPSA) is 32.7 Å². The number of nitrogens with zero attached hydrogens (tertiary/aromatic N) is 1. The molecule has 94 valence electrons. The van der Waals surface area contributed by atoms with E-state index in [-0.39, 0.29) is 5.75 Å². The number of alkyl halides is 1. The van der Waals surface area contributed by atoms with Gasteiger partial charge < -0.3 is 9.84 Å². The Morgan fingerprint density at radius 2 is 2.12 bits per heavy atom. The number of hydrogen-bond acceptors (Lipinski definition) is 3. The van der Waals surface area contributed by atoms with E-state index >= 15 is 0 Å². The minimum absolute atomic E-state index is 0.246. The highest BCUT2D eigenvalue weighted by Crippen LogP contribution is 2.34. The van der Waals surface area contributed by atoms with Crippen LogP contribution in [0.15, 0.2) is 24.3 Å². The Labute approximate surface area is 107 Å². The van der Waals surface area contributed by atoms with Gasteiger partial charge >= 0.3 is 0 Å². The molecule has 1 fully saturated rings. The second kappa shape index (κ2) is 5.25. The molecule has 0 saturated carbocycles. The SMILES string of the molecule is CCCN1CCOC(Cl)(c2ccc(O)cc2)C1. The molecule has 0 aliphatic carbocycles. The summed E-state index contributed by atoms with van der Waals surface area (Å²) < 4.78 is 5.71. The lowest BCUT2D eigenvalue weighted by Crippen LogP contribution is -2.46. The molecule has 3 nitrogen and oxygen atoms in total. The highest BCUT2D eigenvalue weighted by Gasteiger charge is 2.36. The normalized spacial score (nSPS) is 26.0. The smallest absolute Gasteiger partial charge is 0.179 e. The maximum atomic E-state index is 9.28. The maximum absolute atomic E-state index is 9.28. The third-order valence-corrected chi connectivity index (χ3v) is 3.45. The number of phenolic OH excluding ortho intramolecular Hbond substituents is 1. The molecule has 0 aromatic heterocycles. The molecule has 17 heavy (non-hydrogen) atoms. The van der Waals surface area contributed by atoms with Crippen molar-refractivity contribution >= 4 is 11.6 Å². The third-order valence-electron chi connectivity index (χ3n) is 3.00. The van der Waals surface area contributed by atoms with Crippen LogP contribution in [-0.2, 0) is 9.80 Å². The van der Waals surface area contributed by atoms with E-state index in [9.17, 15) is 5.11 Å². The number of phenols is 1. The molecule has 1 atom stereocenters. The van der Waals surface area contributed by atoms with Crippen molar-refractivity contribution in [1.29, 1.82) is 0 Å². The quantitative estimate of drug-likeness (QED) is 0.843. The highest BCUT2D eigenvalue weighted by atomic mass is 35.5. The third kappa shape index (κ3) is 2.92. The molecule has 1 aliphatic rings. The first-order chi connectivity index (χ1) is 8.14. The first-order valence-corrected chi connectivity index (χ1v) is 6.36. The summed E-state index contributed by atoms with van der Waals surface area (Å²) in [6, 6.07) is 6.92. The van der Waals surface area contributed by atoms with E-state index in [0.29, 0.717) is 13.2 Å². The first kappa shape index (κ1) is 12.7. The average Bonchev–Trinajstić information content (AvgIpc) is 2.30. The lowest BCUT2D eigenvalue weighted by atomic mass is 10.1. The summed E-state index contributed by atoms with van der Waals surface area (Å²) in [6.45, 7) is 5.46. The standard InChI is InChI=1S/C13H18ClNO2/c1-2-7-15-8-9-17-13(14,10-15)11-3-5-12(16)6-4-11/h3-6,16H,2,7-10H2,1H3. The van der Waals surface area contributed by atoms with Gasteiger partial charge in [-0.1, -0.05) is 30.7 Å². The van der Waals surface area contributed by atoms with Crippen LogP contribution in [0.25, 0.3) is 0 Å². The van der Waals surface area contributed by atoms with Crippen LogP contribution in [-0.4, -0.2) is 36.2 Å². The molecule has 1 aliphatic heterocycles. The molecule has 1 unspecified atom stereocenters. The Morgan fingerprint density at radius 1 is 1.41 bits per heavy atom. The van der Waals surface area contributed by atoms with Crippen molar-refractivity contribution in [2.75, 3.05) is 26.2 Å². The molecule has 0 spiro atoms. The maximum Gasteiger partial charge on any atom is 0.179 e. The van der Waals surface area contributed by atoms with Crippen molar-refractivity contribution in [3.05, 3.63) is 29.8 Å². The summed E-state index contributed by atoms with van der Waals surface area (Å²) in [7, 11) is 0. The molecular weight excluding hydrogens is 238 g/mol. The Hall–Kier alpha value is -0.770. The largest absolute Gasteiger partial charge is 0.508 e. The molecule has 0 bridgehead atoms. The van der Waals surface area contributed by atoms with Crippen LogP contribution >= 0.6 is 11.6 Å². The first-order valence-electron chi connectivity index (χ1n) is 5.99. The van der Waals surface area contributed by atoms with Gasteiger partial charge in [0.1, 0.15) is 5.75 Å². The van der Waals surface area contributed by atoms with E-state index in [1.54, 1.807) is 12.1 Å². The van der Waals surface area contributed by atoms with Crippen LogP contribution in [0.5, 0.6) is 5.75 Å². The van der Waals surface area contributed by atoms with Crippen molar-refractivity contribution in [2.24, 2.45) is 0 Å². The predicted octanol–water partition coefficient (Wildman–Crippen LogP) is 2.53. The number of hydrogen-bond donors (Lipinski definition) is 1. The molecule has 1 N–H and O–H groups in total. The second-order valence-electron chi connectivity index (χ2n) is 4.40. The molecule has 0 amide bonds. The molecule has 1 saturated heterocycles. The van der Waals surface area contributed by atoms with Crippen LogP contribution in [0.2, 0.25) is 0 Å². The van der Waals surface area contributed by atoms with E-state index in [1.807, 2.05) is 12.1 Å². The number of halogens is 1. The Bertz CT molecular complexity index is 366. The van der Waals surface area contributed by atoms with Gasteiger partial charge in [-0.25, -0.2) is 0 Å². The van der Waals surface area contributed by atoms with Crippen molar-refractivity contribution in [2.45, 2.75) is 18.4 Å². The van der Waals surface area contributed by atoms with E-state index in [4.69, 9.17) is 16.3 Å². The fraction of sp³-hybridized carbons (Fsp3) is 0.538. The van der Waals surface area contributed by atoms with Crippen LogP contribution in [0.4, 0.5) is 0 Å². The summed E-state index contributed by atoms with van der Waals surface area (Å²) in [5.41, 5.74) is 0.901. The number of aromatic hydroxyl groups is 1. The van der Waals surface area contributed by atoms with Crippen LogP contribution in [0.1, 0.15) is 18.9 Å². The van der Waals surface area contributed by atoms with Gasteiger partial charge in [0, 0.05) is 18.7 Å². The average molecular weight is 256 g/mol. The minimum Gasteiger partial charge on any atom is -0.508 e. The Kier molecular flexibility index (Phi) is 3.92. The Morgan fingerprint density at radius 3 is 2.76 bits per heavy atom. The van der Waals surface area contributed by atoms with Crippen molar-refractivity contribution < 1.29 is 9.84 Å². The van der Waals surface area contributed by atoms with Gasteiger partial charge in [-0.3, -0.25) is 4.90 Å². The molecule has 2 rings (SSSR count). The summed E-state index contributed by atoms with van der Waals surface area (Å²) >= 11 is 6.54. The molecule has 1 aromatic rings. The van der Waals surface area contributed by atoms with Gasteiger partial charge in [-0.05, 0) is 25.1 Å². The van der Waals surface area contributed by atoms with Crippen molar-refractivity contribution in [1.82, 2.24) is 4.90 Å². The lowest BCUT2D eigenvalue weighted by molar-refractivity contribution is -0.0600.